The highest BCUT2D eigenvalue weighted by atomic mass is 35.5. The lowest BCUT2D eigenvalue weighted by molar-refractivity contribution is 0.473. The maximum absolute atomic E-state index is 5.97. The second kappa shape index (κ2) is 8.88. The highest BCUT2D eigenvalue weighted by Crippen LogP contribution is 2.19. The van der Waals surface area contributed by atoms with Gasteiger partial charge in [0.2, 0.25) is 5.90 Å². The minimum Gasteiger partial charge on any atom is -0.465 e. The summed E-state index contributed by atoms with van der Waals surface area (Å²) in [5, 5.41) is 0.664. The van der Waals surface area contributed by atoms with Crippen LogP contribution in [0.1, 0.15) is 6.92 Å². The molecule has 0 heterocycles. The fourth-order valence-electron chi connectivity index (χ4n) is 2.13. The average molecular weight is 364 g/mol. The summed E-state index contributed by atoms with van der Waals surface area (Å²) in [4.78, 5) is 4.61. The summed E-state index contributed by atoms with van der Waals surface area (Å²) in [5.74, 6) is 1.87. The van der Waals surface area contributed by atoms with Gasteiger partial charge in [0.25, 0.3) is 0 Å². The molecule has 0 N–H and O–H groups in total. The molecule has 0 radical (unpaired) electrons. The van der Waals surface area contributed by atoms with Crippen molar-refractivity contribution in [1.29, 1.82) is 0 Å². The minimum atomic E-state index is 0.469. The molecule has 130 valence electrons. The summed E-state index contributed by atoms with van der Waals surface area (Å²) < 4.78 is 11.7. The molecule has 0 aliphatic carbocycles. The van der Waals surface area contributed by atoms with Crippen LogP contribution in [0.15, 0.2) is 102 Å². The lowest BCUT2D eigenvalue weighted by atomic mass is 10.3. The van der Waals surface area contributed by atoms with Crippen LogP contribution in [0.3, 0.4) is 0 Å². The fourth-order valence-corrected chi connectivity index (χ4v) is 2.26. The standard InChI is InChI=1S/C22H18ClNO2/c1-17(16-25-20-14-12-18(23)13-15-20)22(24-19-8-4-2-5-9-19)26-21-10-6-3-7-11-21/h2-16H,1H3. The first-order valence-corrected chi connectivity index (χ1v) is 8.54. The number of nitrogens with zero attached hydrogens (tertiary/aromatic N) is 1. The van der Waals surface area contributed by atoms with Crippen molar-refractivity contribution in [2.24, 2.45) is 4.99 Å². The van der Waals surface area contributed by atoms with Crippen molar-refractivity contribution in [2.75, 3.05) is 0 Å². The predicted octanol–water partition coefficient (Wildman–Crippen LogP) is 6.43. The lowest BCUT2D eigenvalue weighted by Gasteiger charge is -2.10. The molecule has 0 atom stereocenters. The van der Waals surface area contributed by atoms with Crippen LogP contribution in [-0.4, -0.2) is 5.90 Å². The van der Waals surface area contributed by atoms with E-state index in [1.807, 2.05) is 67.6 Å². The molecule has 3 aromatic rings. The van der Waals surface area contributed by atoms with Gasteiger partial charge in [0.05, 0.1) is 11.9 Å². The highest BCUT2D eigenvalue weighted by molar-refractivity contribution is 6.30. The van der Waals surface area contributed by atoms with Crippen LogP contribution in [0.4, 0.5) is 5.69 Å². The van der Waals surface area contributed by atoms with E-state index in [1.54, 1.807) is 30.5 Å². The summed E-state index contributed by atoms with van der Waals surface area (Å²) in [6, 6.07) is 26.3. The third-order valence-electron chi connectivity index (χ3n) is 3.47. The molecule has 3 nitrogen and oxygen atoms in total. The first-order chi connectivity index (χ1) is 12.7. The van der Waals surface area contributed by atoms with E-state index >= 15 is 0 Å². The summed E-state index contributed by atoms with van der Waals surface area (Å²) in [6.07, 6.45) is 1.62. The van der Waals surface area contributed by atoms with Crippen LogP contribution in [-0.2, 0) is 0 Å². The molecule has 0 aromatic heterocycles. The minimum absolute atomic E-state index is 0.469. The van der Waals surface area contributed by atoms with Crippen molar-refractivity contribution in [3.05, 3.63) is 102 Å². The third kappa shape index (κ3) is 5.23. The molecule has 0 aliphatic rings. The van der Waals surface area contributed by atoms with E-state index in [-0.39, 0.29) is 0 Å². The Morgan fingerprint density at radius 3 is 2.08 bits per heavy atom. The molecule has 3 rings (SSSR count). The van der Waals surface area contributed by atoms with Gasteiger partial charge in [-0.1, -0.05) is 48.0 Å². The number of rotatable bonds is 5. The smallest absolute Gasteiger partial charge is 0.225 e. The van der Waals surface area contributed by atoms with E-state index in [9.17, 15) is 0 Å². The normalized spacial score (nSPS) is 11.9. The summed E-state index contributed by atoms with van der Waals surface area (Å²) >= 11 is 5.90. The molecule has 0 aliphatic heterocycles. The highest BCUT2D eigenvalue weighted by Gasteiger charge is 2.07. The van der Waals surface area contributed by atoms with Crippen molar-refractivity contribution in [3.8, 4) is 11.5 Å². The quantitative estimate of drug-likeness (QED) is 0.297. The van der Waals surface area contributed by atoms with E-state index in [2.05, 4.69) is 4.99 Å². The largest absolute Gasteiger partial charge is 0.465 e. The van der Waals surface area contributed by atoms with Gasteiger partial charge < -0.3 is 9.47 Å². The van der Waals surface area contributed by atoms with E-state index in [0.29, 0.717) is 22.4 Å². The van der Waals surface area contributed by atoms with Crippen LogP contribution in [0.2, 0.25) is 5.02 Å². The number of hydrogen-bond donors (Lipinski definition) is 0. The van der Waals surface area contributed by atoms with E-state index in [1.165, 1.54) is 0 Å². The fraction of sp³-hybridized carbons (Fsp3) is 0.0455. The molecule has 0 saturated carbocycles. The zero-order valence-electron chi connectivity index (χ0n) is 14.3. The number of benzene rings is 3. The first-order valence-electron chi connectivity index (χ1n) is 8.17. The Balaban J connectivity index is 1.85. The number of halogens is 1. The Morgan fingerprint density at radius 1 is 0.808 bits per heavy atom. The van der Waals surface area contributed by atoms with Crippen molar-refractivity contribution in [2.45, 2.75) is 6.92 Å². The Kier molecular flexibility index (Phi) is 6.07. The molecular weight excluding hydrogens is 346 g/mol. The summed E-state index contributed by atoms with van der Waals surface area (Å²) in [7, 11) is 0. The monoisotopic (exact) mass is 363 g/mol. The lowest BCUT2D eigenvalue weighted by Crippen LogP contribution is -2.10. The molecule has 4 heteroatoms. The van der Waals surface area contributed by atoms with Crippen molar-refractivity contribution >= 4 is 23.2 Å². The van der Waals surface area contributed by atoms with Gasteiger partial charge in [0.15, 0.2) is 0 Å². The van der Waals surface area contributed by atoms with E-state index < -0.39 is 0 Å². The van der Waals surface area contributed by atoms with Gasteiger partial charge in [0.1, 0.15) is 11.5 Å². The molecule has 0 saturated heterocycles. The van der Waals surface area contributed by atoms with Crippen molar-refractivity contribution in [1.82, 2.24) is 0 Å². The molecule has 26 heavy (non-hydrogen) atoms. The summed E-state index contributed by atoms with van der Waals surface area (Å²) in [5.41, 5.74) is 1.56. The van der Waals surface area contributed by atoms with Crippen LogP contribution in [0.5, 0.6) is 11.5 Å². The van der Waals surface area contributed by atoms with Crippen LogP contribution in [0, 0.1) is 0 Å². The van der Waals surface area contributed by atoms with Crippen molar-refractivity contribution < 1.29 is 9.47 Å². The van der Waals surface area contributed by atoms with Crippen LogP contribution < -0.4 is 9.47 Å². The number of para-hydroxylation sites is 2. The SMILES string of the molecule is CC(=COc1ccc(Cl)cc1)C(=Nc1ccccc1)Oc1ccccc1. The first kappa shape index (κ1) is 17.8. The topological polar surface area (TPSA) is 30.8 Å². The van der Waals surface area contributed by atoms with Gasteiger partial charge in [-0.15, -0.1) is 0 Å². The average Bonchev–Trinajstić information content (AvgIpc) is 2.68. The molecular formula is C22H18ClNO2. The van der Waals surface area contributed by atoms with Gasteiger partial charge in [-0.2, -0.15) is 0 Å². The third-order valence-corrected chi connectivity index (χ3v) is 3.72. The second-order valence-corrected chi connectivity index (χ2v) is 5.98. The zero-order chi connectivity index (χ0) is 18.2. The van der Waals surface area contributed by atoms with Crippen LogP contribution in [0.25, 0.3) is 0 Å². The molecule has 0 spiro atoms. The Morgan fingerprint density at radius 2 is 1.42 bits per heavy atom. The number of hydrogen-bond acceptors (Lipinski definition) is 3. The van der Waals surface area contributed by atoms with Gasteiger partial charge >= 0.3 is 0 Å². The molecule has 0 bridgehead atoms. The van der Waals surface area contributed by atoms with Crippen molar-refractivity contribution in [3.63, 3.8) is 0 Å². The van der Waals surface area contributed by atoms with Gasteiger partial charge in [-0.25, -0.2) is 4.99 Å². The predicted molar refractivity (Wildman–Crippen MR) is 106 cm³/mol. The van der Waals surface area contributed by atoms with Gasteiger partial charge in [0, 0.05) is 10.6 Å². The van der Waals surface area contributed by atoms with Crippen LogP contribution >= 0.6 is 11.6 Å². The van der Waals surface area contributed by atoms with Gasteiger partial charge in [-0.3, -0.25) is 0 Å². The number of aliphatic imine (C=N–C) groups is 1. The molecule has 0 fully saturated rings. The Labute approximate surface area is 158 Å². The van der Waals surface area contributed by atoms with Gasteiger partial charge in [-0.05, 0) is 55.5 Å². The van der Waals surface area contributed by atoms with E-state index in [0.717, 1.165) is 11.3 Å². The molecule has 0 unspecified atom stereocenters. The maximum atomic E-state index is 5.97. The zero-order valence-corrected chi connectivity index (χ0v) is 15.1. The summed E-state index contributed by atoms with van der Waals surface area (Å²) in [6.45, 7) is 1.89. The maximum Gasteiger partial charge on any atom is 0.225 e. The van der Waals surface area contributed by atoms with E-state index in [4.69, 9.17) is 21.1 Å². The molecule has 3 aromatic carbocycles. The Bertz CT molecular complexity index is 888. The Hall–Kier alpha value is -3.04. The number of ether oxygens (including phenoxy) is 2. The second-order valence-electron chi connectivity index (χ2n) is 5.54. The molecule has 0 amide bonds.